The topological polar surface area (TPSA) is 26.3 Å². The van der Waals surface area contributed by atoms with E-state index in [-0.39, 0.29) is 12.4 Å². The summed E-state index contributed by atoms with van der Waals surface area (Å²) in [4.78, 5) is 12.9. The maximum Gasteiger partial charge on any atom is 0.188 e. The van der Waals surface area contributed by atoms with Gasteiger partial charge in [-0.1, -0.05) is 29.3 Å². The highest BCUT2D eigenvalue weighted by molar-refractivity contribution is 7.09. The average molecular weight is 301 g/mol. The van der Waals surface area contributed by atoms with Gasteiger partial charge in [-0.2, -0.15) is 0 Å². The van der Waals surface area contributed by atoms with E-state index >= 15 is 0 Å². The molecule has 0 radical (unpaired) electrons. The van der Waals surface area contributed by atoms with E-state index in [0.29, 0.717) is 22.2 Å². The van der Waals surface area contributed by atoms with Gasteiger partial charge in [0.2, 0.25) is 0 Å². The van der Waals surface area contributed by atoms with E-state index in [1.807, 2.05) is 17.5 Å². The molecule has 0 saturated carbocycles. The molecule has 0 aliphatic heterocycles. The summed E-state index contributed by atoms with van der Waals surface area (Å²) in [6, 6.07) is 8.72. The molecule has 0 amide bonds. The van der Waals surface area contributed by atoms with Crippen molar-refractivity contribution in [2.24, 2.45) is 0 Å². The van der Waals surface area contributed by atoms with Crippen LogP contribution in [0.5, 0.6) is 0 Å². The van der Waals surface area contributed by atoms with Crippen LogP contribution in [0.4, 0.5) is 0 Å². The predicted molar refractivity (Wildman–Crippen MR) is 74.8 cm³/mol. The summed E-state index contributed by atoms with van der Waals surface area (Å²) in [7, 11) is 0. The van der Waals surface area contributed by atoms with E-state index in [4.69, 9.17) is 27.9 Å². The molecule has 0 aliphatic carbocycles. The fourth-order valence-corrected chi connectivity index (χ4v) is 2.33. The van der Waals surface area contributed by atoms with Crippen LogP contribution >= 0.6 is 34.5 Å². The number of Topliss-reactive ketones (excluding diaryl/α,β-unsaturated/α-hetero) is 1. The molecular weight excluding hydrogens is 291 g/mol. The lowest BCUT2D eigenvalue weighted by molar-refractivity contribution is 0.0731. The van der Waals surface area contributed by atoms with Crippen LogP contribution in [-0.4, -0.2) is 12.4 Å². The van der Waals surface area contributed by atoms with Gasteiger partial charge in [0.15, 0.2) is 5.78 Å². The third kappa shape index (κ3) is 3.56. The monoisotopic (exact) mass is 300 g/mol. The normalized spacial score (nSPS) is 10.6. The van der Waals surface area contributed by atoms with Gasteiger partial charge in [-0.15, -0.1) is 11.3 Å². The number of benzene rings is 1. The summed E-state index contributed by atoms with van der Waals surface area (Å²) >= 11 is 13.2. The highest BCUT2D eigenvalue weighted by Crippen LogP contribution is 2.22. The van der Waals surface area contributed by atoms with Crippen molar-refractivity contribution in [3.05, 3.63) is 56.2 Å². The standard InChI is InChI=1S/C13H10Cl2O2S/c14-11-4-3-9(6-12(11)15)13(16)8-17-7-10-2-1-5-18-10/h1-6H,7-8H2. The minimum Gasteiger partial charge on any atom is -0.368 e. The SMILES string of the molecule is O=C(COCc1cccs1)c1ccc(Cl)c(Cl)c1. The molecule has 94 valence electrons. The number of thiophene rings is 1. The molecule has 0 N–H and O–H groups in total. The van der Waals surface area contributed by atoms with Crippen molar-refractivity contribution in [2.45, 2.75) is 6.61 Å². The van der Waals surface area contributed by atoms with Gasteiger partial charge in [-0.05, 0) is 29.6 Å². The van der Waals surface area contributed by atoms with Crippen LogP contribution in [0.1, 0.15) is 15.2 Å². The van der Waals surface area contributed by atoms with E-state index in [1.165, 1.54) is 0 Å². The third-order valence-corrected chi connectivity index (χ3v) is 3.89. The summed E-state index contributed by atoms with van der Waals surface area (Å²) in [6.45, 7) is 0.487. The van der Waals surface area contributed by atoms with E-state index in [2.05, 4.69) is 0 Å². The van der Waals surface area contributed by atoms with E-state index in [0.717, 1.165) is 4.88 Å². The molecule has 0 atom stereocenters. The molecule has 1 heterocycles. The lowest BCUT2D eigenvalue weighted by Gasteiger charge is -2.03. The fourth-order valence-electron chi connectivity index (χ4n) is 1.39. The number of ether oxygens (including phenoxy) is 1. The van der Waals surface area contributed by atoms with Crippen molar-refractivity contribution >= 4 is 40.3 Å². The highest BCUT2D eigenvalue weighted by Gasteiger charge is 2.08. The molecule has 18 heavy (non-hydrogen) atoms. The van der Waals surface area contributed by atoms with Crippen LogP contribution in [0.25, 0.3) is 0 Å². The zero-order chi connectivity index (χ0) is 13.0. The highest BCUT2D eigenvalue weighted by atomic mass is 35.5. The maximum absolute atomic E-state index is 11.8. The first kappa shape index (κ1) is 13.6. The van der Waals surface area contributed by atoms with Crippen LogP contribution in [0, 0.1) is 0 Å². The summed E-state index contributed by atoms with van der Waals surface area (Å²) in [5, 5.41) is 2.79. The smallest absolute Gasteiger partial charge is 0.188 e. The Morgan fingerprint density at radius 3 is 2.72 bits per heavy atom. The summed E-state index contributed by atoms with van der Waals surface area (Å²) in [5.74, 6) is -0.106. The number of rotatable bonds is 5. The zero-order valence-electron chi connectivity index (χ0n) is 9.36. The fraction of sp³-hybridized carbons (Fsp3) is 0.154. The maximum atomic E-state index is 11.8. The molecular formula is C13H10Cl2O2S. The van der Waals surface area contributed by atoms with Gasteiger partial charge in [0.05, 0.1) is 16.7 Å². The number of halogens is 2. The van der Waals surface area contributed by atoms with Crippen molar-refractivity contribution in [2.75, 3.05) is 6.61 Å². The Morgan fingerprint density at radius 2 is 2.06 bits per heavy atom. The number of hydrogen-bond donors (Lipinski definition) is 0. The second-order valence-corrected chi connectivity index (χ2v) is 5.47. The number of hydrogen-bond acceptors (Lipinski definition) is 3. The molecule has 0 saturated heterocycles. The minimum absolute atomic E-state index is 0.0376. The lowest BCUT2D eigenvalue weighted by atomic mass is 10.1. The number of ketones is 1. The summed E-state index contributed by atoms with van der Waals surface area (Å²) in [5.41, 5.74) is 0.510. The molecule has 0 aliphatic rings. The Kier molecular flexibility index (Phi) is 4.78. The Hall–Kier alpha value is -0.870. The van der Waals surface area contributed by atoms with Crippen LogP contribution in [0.15, 0.2) is 35.7 Å². The van der Waals surface area contributed by atoms with Crippen LogP contribution in [0.3, 0.4) is 0 Å². The Balaban J connectivity index is 1.89. The van der Waals surface area contributed by atoms with E-state index in [1.54, 1.807) is 29.5 Å². The second kappa shape index (κ2) is 6.34. The van der Waals surface area contributed by atoms with Gasteiger partial charge in [0.25, 0.3) is 0 Å². The van der Waals surface area contributed by atoms with Crippen molar-refractivity contribution in [3.63, 3.8) is 0 Å². The van der Waals surface area contributed by atoms with E-state index < -0.39 is 0 Å². The molecule has 2 nitrogen and oxygen atoms in total. The molecule has 0 spiro atoms. The summed E-state index contributed by atoms with van der Waals surface area (Å²) in [6.07, 6.45) is 0. The first-order chi connectivity index (χ1) is 8.66. The van der Waals surface area contributed by atoms with Gasteiger partial charge >= 0.3 is 0 Å². The first-order valence-electron chi connectivity index (χ1n) is 5.25. The molecule has 2 aromatic rings. The zero-order valence-corrected chi connectivity index (χ0v) is 11.7. The molecule has 0 unspecified atom stereocenters. The van der Waals surface area contributed by atoms with Gasteiger partial charge < -0.3 is 4.74 Å². The molecule has 0 fully saturated rings. The van der Waals surface area contributed by atoms with Crippen LogP contribution in [-0.2, 0) is 11.3 Å². The molecule has 1 aromatic carbocycles. The van der Waals surface area contributed by atoms with Gasteiger partial charge in [0, 0.05) is 10.4 Å². The molecule has 0 bridgehead atoms. The van der Waals surface area contributed by atoms with Crippen molar-refractivity contribution in [3.8, 4) is 0 Å². The minimum atomic E-state index is -0.106. The van der Waals surface area contributed by atoms with Crippen molar-refractivity contribution < 1.29 is 9.53 Å². The molecule has 2 rings (SSSR count). The van der Waals surface area contributed by atoms with Gasteiger partial charge in [0.1, 0.15) is 6.61 Å². The quantitative estimate of drug-likeness (QED) is 0.762. The first-order valence-corrected chi connectivity index (χ1v) is 6.89. The second-order valence-electron chi connectivity index (χ2n) is 3.62. The van der Waals surface area contributed by atoms with Crippen molar-refractivity contribution in [1.82, 2.24) is 0 Å². The molecule has 5 heteroatoms. The van der Waals surface area contributed by atoms with Crippen molar-refractivity contribution in [1.29, 1.82) is 0 Å². The number of carbonyl (C=O) groups is 1. The lowest BCUT2D eigenvalue weighted by Crippen LogP contribution is -2.08. The van der Waals surface area contributed by atoms with Crippen LogP contribution in [0.2, 0.25) is 10.0 Å². The molecule has 1 aromatic heterocycles. The largest absolute Gasteiger partial charge is 0.368 e. The Bertz CT molecular complexity index is 538. The van der Waals surface area contributed by atoms with Crippen LogP contribution < -0.4 is 0 Å². The van der Waals surface area contributed by atoms with Gasteiger partial charge in [-0.3, -0.25) is 4.79 Å². The third-order valence-electron chi connectivity index (χ3n) is 2.30. The Labute approximate surface area is 119 Å². The summed E-state index contributed by atoms with van der Waals surface area (Å²) < 4.78 is 5.35. The van der Waals surface area contributed by atoms with E-state index in [9.17, 15) is 4.79 Å². The number of carbonyl (C=O) groups excluding carboxylic acids is 1. The predicted octanol–water partition coefficient (Wildman–Crippen LogP) is 4.45. The van der Waals surface area contributed by atoms with Gasteiger partial charge in [-0.25, -0.2) is 0 Å². The Morgan fingerprint density at radius 1 is 1.22 bits per heavy atom. The average Bonchev–Trinajstić information content (AvgIpc) is 2.85.